The first-order chi connectivity index (χ1) is 8.92. The monoisotopic (exact) mass is 300 g/mol. The van der Waals surface area contributed by atoms with Crippen LogP contribution in [0.4, 0.5) is 5.69 Å². The highest BCUT2D eigenvalue weighted by atomic mass is 32.2. The molecule has 0 amide bonds. The van der Waals surface area contributed by atoms with E-state index in [1.807, 2.05) is 13.0 Å². The van der Waals surface area contributed by atoms with Crippen molar-refractivity contribution < 1.29 is 8.42 Å². The number of rotatable bonds is 3. The zero-order valence-corrected chi connectivity index (χ0v) is 12.9. The first-order valence-electron chi connectivity index (χ1n) is 6.37. The summed E-state index contributed by atoms with van der Waals surface area (Å²) in [4.78, 5) is 0.239. The van der Waals surface area contributed by atoms with E-state index in [4.69, 9.17) is 5.73 Å². The fraction of sp³-hybridized carbons (Fsp3) is 0.538. The summed E-state index contributed by atoms with van der Waals surface area (Å²) < 4.78 is 27.8. The highest BCUT2D eigenvalue weighted by Gasteiger charge is 2.25. The summed E-state index contributed by atoms with van der Waals surface area (Å²) in [6.45, 7) is 3.60. The summed E-state index contributed by atoms with van der Waals surface area (Å²) in [5, 5.41) is 0. The molecule has 0 aliphatic carbocycles. The summed E-state index contributed by atoms with van der Waals surface area (Å²) in [5.41, 5.74) is 7.80. The van der Waals surface area contributed by atoms with Crippen LogP contribution in [0.5, 0.6) is 0 Å². The number of thioether (sulfide) groups is 1. The van der Waals surface area contributed by atoms with E-state index in [0.717, 1.165) is 29.9 Å². The van der Waals surface area contributed by atoms with Crippen LogP contribution in [-0.2, 0) is 10.0 Å². The summed E-state index contributed by atoms with van der Waals surface area (Å²) in [7, 11) is -3.53. The lowest BCUT2D eigenvalue weighted by molar-refractivity contribution is 0.543. The molecule has 1 unspecified atom stereocenters. The highest BCUT2D eigenvalue weighted by Crippen LogP contribution is 2.27. The summed E-state index contributed by atoms with van der Waals surface area (Å²) >= 11 is 1.79. The van der Waals surface area contributed by atoms with Crippen LogP contribution in [0, 0.1) is 13.8 Å². The Morgan fingerprint density at radius 2 is 2.00 bits per heavy atom. The van der Waals surface area contributed by atoms with Crippen LogP contribution >= 0.6 is 11.8 Å². The number of anilines is 1. The van der Waals surface area contributed by atoms with E-state index in [2.05, 4.69) is 4.72 Å². The number of nitrogens with one attached hydrogen (secondary N) is 1. The van der Waals surface area contributed by atoms with Crippen molar-refractivity contribution in [1.82, 2.24) is 4.72 Å². The van der Waals surface area contributed by atoms with Gasteiger partial charge < -0.3 is 5.73 Å². The number of hydrogen-bond acceptors (Lipinski definition) is 4. The standard InChI is InChI=1S/C13H20N2O2S2/c1-9-5-6-10(2)13(12(9)14)19(16,17)15-11-4-3-7-18-8-11/h5-6,11,15H,3-4,7-8,14H2,1-2H3. The van der Waals surface area contributed by atoms with Gasteiger partial charge in [0.1, 0.15) is 4.90 Å². The molecule has 1 aliphatic heterocycles. The van der Waals surface area contributed by atoms with E-state index >= 15 is 0 Å². The van der Waals surface area contributed by atoms with Gasteiger partial charge in [0.15, 0.2) is 0 Å². The fourth-order valence-corrected chi connectivity index (χ4v) is 5.15. The number of nitrogen functional groups attached to an aromatic ring is 1. The molecule has 3 N–H and O–H groups in total. The van der Waals surface area contributed by atoms with Gasteiger partial charge in [-0.25, -0.2) is 13.1 Å². The Hall–Kier alpha value is -0.720. The van der Waals surface area contributed by atoms with Gasteiger partial charge in [0.05, 0.1) is 5.69 Å². The Morgan fingerprint density at radius 3 is 2.63 bits per heavy atom. The van der Waals surface area contributed by atoms with Crippen molar-refractivity contribution in [2.24, 2.45) is 0 Å². The third-order valence-electron chi connectivity index (χ3n) is 3.36. The van der Waals surface area contributed by atoms with Crippen LogP contribution in [0.1, 0.15) is 24.0 Å². The topological polar surface area (TPSA) is 72.2 Å². The molecular weight excluding hydrogens is 280 g/mol. The molecule has 6 heteroatoms. The molecule has 1 saturated heterocycles. The maximum atomic E-state index is 12.5. The fourth-order valence-electron chi connectivity index (χ4n) is 2.28. The Bertz CT molecular complexity index is 564. The maximum absolute atomic E-state index is 12.5. The van der Waals surface area contributed by atoms with E-state index in [1.54, 1.807) is 24.8 Å². The number of aryl methyl sites for hydroxylation is 2. The van der Waals surface area contributed by atoms with Crippen molar-refractivity contribution in [3.8, 4) is 0 Å². The van der Waals surface area contributed by atoms with Crippen molar-refractivity contribution in [2.45, 2.75) is 37.6 Å². The molecule has 106 valence electrons. The Morgan fingerprint density at radius 1 is 1.32 bits per heavy atom. The second-order valence-electron chi connectivity index (χ2n) is 4.98. The van der Waals surface area contributed by atoms with Gasteiger partial charge in [0.2, 0.25) is 10.0 Å². The van der Waals surface area contributed by atoms with Crippen molar-refractivity contribution in [3.05, 3.63) is 23.3 Å². The van der Waals surface area contributed by atoms with E-state index in [0.29, 0.717) is 11.3 Å². The van der Waals surface area contributed by atoms with E-state index in [9.17, 15) is 8.42 Å². The zero-order chi connectivity index (χ0) is 14.0. The first-order valence-corrected chi connectivity index (χ1v) is 9.01. The second-order valence-corrected chi connectivity index (χ2v) is 7.78. The van der Waals surface area contributed by atoms with Gasteiger partial charge in [0.25, 0.3) is 0 Å². The molecule has 0 saturated carbocycles. The van der Waals surface area contributed by atoms with Gasteiger partial charge in [-0.1, -0.05) is 12.1 Å². The predicted octanol–water partition coefficient (Wildman–Crippen LogP) is 2.06. The zero-order valence-electron chi connectivity index (χ0n) is 11.3. The van der Waals surface area contributed by atoms with Gasteiger partial charge >= 0.3 is 0 Å². The molecular formula is C13H20N2O2S2. The third kappa shape index (κ3) is 3.24. The Balaban J connectivity index is 2.31. The van der Waals surface area contributed by atoms with Gasteiger partial charge in [-0.3, -0.25) is 0 Å². The highest BCUT2D eigenvalue weighted by molar-refractivity contribution is 7.99. The minimum Gasteiger partial charge on any atom is -0.397 e. The predicted molar refractivity (Wildman–Crippen MR) is 81.0 cm³/mol. The first kappa shape index (κ1) is 14.7. The molecule has 0 radical (unpaired) electrons. The lowest BCUT2D eigenvalue weighted by Crippen LogP contribution is -2.38. The van der Waals surface area contributed by atoms with Crippen LogP contribution in [0.15, 0.2) is 17.0 Å². The molecule has 1 aromatic rings. The SMILES string of the molecule is Cc1ccc(C)c(S(=O)(=O)NC2CCCSC2)c1N. The van der Waals surface area contributed by atoms with Crippen LogP contribution < -0.4 is 10.5 Å². The Labute approximate surface area is 119 Å². The van der Waals surface area contributed by atoms with Crippen LogP contribution in [-0.4, -0.2) is 26.0 Å². The molecule has 0 bridgehead atoms. The van der Waals surface area contributed by atoms with Crippen LogP contribution in [0.3, 0.4) is 0 Å². The minimum atomic E-state index is -3.53. The number of hydrogen-bond donors (Lipinski definition) is 2. The van der Waals surface area contributed by atoms with Gasteiger partial charge in [-0.05, 0) is 43.6 Å². The van der Waals surface area contributed by atoms with Gasteiger partial charge in [0, 0.05) is 11.8 Å². The van der Waals surface area contributed by atoms with E-state index < -0.39 is 10.0 Å². The largest absolute Gasteiger partial charge is 0.397 e. The molecule has 2 rings (SSSR count). The Kier molecular flexibility index (Phi) is 4.43. The normalized spacial score (nSPS) is 20.4. The summed E-state index contributed by atoms with van der Waals surface area (Å²) in [5.74, 6) is 1.95. The molecule has 1 aromatic carbocycles. The van der Waals surface area contributed by atoms with E-state index in [-0.39, 0.29) is 10.9 Å². The van der Waals surface area contributed by atoms with Crippen molar-refractivity contribution in [1.29, 1.82) is 0 Å². The quantitative estimate of drug-likeness (QED) is 0.838. The number of sulfonamides is 1. The van der Waals surface area contributed by atoms with Crippen LogP contribution in [0.25, 0.3) is 0 Å². The van der Waals surface area contributed by atoms with Crippen molar-refractivity contribution in [2.75, 3.05) is 17.2 Å². The molecule has 0 aromatic heterocycles. The number of nitrogens with two attached hydrogens (primary N) is 1. The van der Waals surface area contributed by atoms with Gasteiger partial charge in [-0.2, -0.15) is 11.8 Å². The molecule has 4 nitrogen and oxygen atoms in total. The smallest absolute Gasteiger partial charge is 0.243 e. The molecule has 0 spiro atoms. The maximum Gasteiger partial charge on any atom is 0.243 e. The molecule has 1 fully saturated rings. The molecule has 1 aliphatic rings. The molecule has 19 heavy (non-hydrogen) atoms. The minimum absolute atomic E-state index is 0.0167. The second kappa shape index (κ2) is 5.73. The third-order valence-corrected chi connectivity index (χ3v) is 6.30. The van der Waals surface area contributed by atoms with E-state index in [1.165, 1.54) is 0 Å². The van der Waals surface area contributed by atoms with Crippen molar-refractivity contribution >= 4 is 27.5 Å². The number of benzene rings is 1. The summed E-state index contributed by atoms with van der Waals surface area (Å²) in [6.07, 6.45) is 1.96. The van der Waals surface area contributed by atoms with Crippen LogP contribution in [0.2, 0.25) is 0 Å². The van der Waals surface area contributed by atoms with Crippen molar-refractivity contribution in [3.63, 3.8) is 0 Å². The molecule has 1 atom stereocenters. The van der Waals surface area contributed by atoms with Gasteiger partial charge in [-0.15, -0.1) is 0 Å². The lowest BCUT2D eigenvalue weighted by Gasteiger charge is -2.23. The summed E-state index contributed by atoms with van der Waals surface area (Å²) in [6, 6.07) is 3.67. The average molecular weight is 300 g/mol. The molecule has 1 heterocycles. The average Bonchev–Trinajstić information content (AvgIpc) is 2.35. The lowest BCUT2D eigenvalue weighted by atomic mass is 10.1.